The maximum Gasteiger partial charge on any atom is 0.282 e. The molecular weight excluding hydrogens is 288 g/mol. The summed E-state index contributed by atoms with van der Waals surface area (Å²) >= 11 is 0. The summed E-state index contributed by atoms with van der Waals surface area (Å²) in [7, 11) is 0. The average molecular weight is 307 g/mol. The van der Waals surface area contributed by atoms with Crippen molar-refractivity contribution in [2.24, 2.45) is 0 Å². The van der Waals surface area contributed by atoms with Gasteiger partial charge in [0.05, 0.1) is 0 Å². The standard InChI is InChI=1S/C16H19F2N3O/c1-9-6-5-7-10(2)14(9)19-16(22)12(4)21-11(3)8-13(20-21)15(17)18/h5-8,12,15H,1-4H3,(H,19,22). The van der Waals surface area contributed by atoms with Gasteiger partial charge < -0.3 is 5.32 Å². The molecule has 0 radical (unpaired) electrons. The van der Waals surface area contributed by atoms with Crippen molar-refractivity contribution in [3.05, 3.63) is 46.8 Å². The van der Waals surface area contributed by atoms with E-state index in [4.69, 9.17) is 0 Å². The first-order chi connectivity index (χ1) is 10.3. The zero-order chi connectivity index (χ0) is 16.4. The van der Waals surface area contributed by atoms with Crippen LogP contribution in [0.3, 0.4) is 0 Å². The zero-order valence-corrected chi connectivity index (χ0v) is 13.0. The lowest BCUT2D eigenvalue weighted by molar-refractivity contribution is -0.119. The van der Waals surface area contributed by atoms with Gasteiger partial charge in [0.25, 0.3) is 6.43 Å². The molecule has 1 heterocycles. The predicted octanol–water partition coefficient (Wildman–Crippen LogP) is 3.95. The van der Waals surface area contributed by atoms with Crippen LogP contribution in [0.15, 0.2) is 24.3 Å². The molecule has 1 amide bonds. The van der Waals surface area contributed by atoms with Gasteiger partial charge in [-0.05, 0) is 44.9 Å². The Morgan fingerprint density at radius 2 is 1.82 bits per heavy atom. The smallest absolute Gasteiger partial charge is 0.282 e. The topological polar surface area (TPSA) is 46.9 Å². The summed E-state index contributed by atoms with van der Waals surface area (Å²) in [5.41, 5.74) is 2.86. The third kappa shape index (κ3) is 3.16. The SMILES string of the molecule is Cc1cccc(C)c1NC(=O)C(C)n1nc(C(F)F)cc1C. The number of hydrogen-bond donors (Lipinski definition) is 1. The first-order valence-electron chi connectivity index (χ1n) is 7.02. The maximum atomic E-state index is 12.7. The van der Waals surface area contributed by atoms with Gasteiger partial charge in [0.1, 0.15) is 11.7 Å². The normalized spacial score (nSPS) is 12.5. The van der Waals surface area contributed by atoms with Crippen LogP contribution in [0.4, 0.5) is 14.5 Å². The number of para-hydroxylation sites is 1. The Morgan fingerprint density at radius 3 is 2.32 bits per heavy atom. The molecule has 6 heteroatoms. The molecular formula is C16H19F2N3O. The van der Waals surface area contributed by atoms with Crippen molar-refractivity contribution >= 4 is 11.6 Å². The molecule has 0 saturated carbocycles. The molecule has 0 spiro atoms. The van der Waals surface area contributed by atoms with E-state index in [0.717, 1.165) is 16.8 Å². The third-order valence-corrected chi connectivity index (χ3v) is 3.64. The number of benzene rings is 1. The quantitative estimate of drug-likeness (QED) is 0.930. The molecule has 118 valence electrons. The van der Waals surface area contributed by atoms with Gasteiger partial charge in [-0.15, -0.1) is 0 Å². The molecule has 1 atom stereocenters. The molecule has 1 aromatic heterocycles. The Bertz CT molecular complexity index is 674. The minimum Gasteiger partial charge on any atom is -0.324 e. The summed E-state index contributed by atoms with van der Waals surface area (Å²) in [6, 6.07) is 6.35. The second-order valence-corrected chi connectivity index (χ2v) is 5.39. The van der Waals surface area contributed by atoms with Crippen molar-refractivity contribution < 1.29 is 13.6 Å². The van der Waals surface area contributed by atoms with Gasteiger partial charge >= 0.3 is 0 Å². The number of carbonyl (C=O) groups excluding carboxylic acids is 1. The number of aromatic nitrogens is 2. The number of nitrogens with one attached hydrogen (secondary N) is 1. The average Bonchev–Trinajstić information content (AvgIpc) is 2.84. The van der Waals surface area contributed by atoms with Crippen molar-refractivity contribution in [3.63, 3.8) is 0 Å². The van der Waals surface area contributed by atoms with Crippen molar-refractivity contribution in [2.45, 2.75) is 40.2 Å². The van der Waals surface area contributed by atoms with Gasteiger partial charge in [-0.25, -0.2) is 8.78 Å². The number of carbonyl (C=O) groups is 1. The van der Waals surface area contributed by atoms with Gasteiger partial charge in [-0.1, -0.05) is 18.2 Å². The molecule has 0 aliphatic rings. The van der Waals surface area contributed by atoms with Gasteiger partial charge in [0, 0.05) is 11.4 Å². The first kappa shape index (κ1) is 16.1. The lowest BCUT2D eigenvalue weighted by Gasteiger charge is -2.17. The van der Waals surface area contributed by atoms with E-state index in [1.54, 1.807) is 13.8 Å². The summed E-state index contributed by atoms with van der Waals surface area (Å²) in [5.74, 6) is -0.288. The van der Waals surface area contributed by atoms with Crippen LogP contribution in [0.2, 0.25) is 0 Å². The van der Waals surface area contributed by atoms with Crippen LogP contribution < -0.4 is 5.32 Å². The Hall–Kier alpha value is -2.24. The van der Waals surface area contributed by atoms with Crippen molar-refractivity contribution in [1.82, 2.24) is 9.78 Å². The van der Waals surface area contributed by atoms with Crippen molar-refractivity contribution in [1.29, 1.82) is 0 Å². The fraction of sp³-hybridized carbons (Fsp3) is 0.375. The Kier molecular flexibility index (Phi) is 4.59. The van der Waals surface area contributed by atoms with Crippen molar-refractivity contribution in [2.75, 3.05) is 5.32 Å². The second kappa shape index (κ2) is 6.25. The predicted molar refractivity (Wildman–Crippen MR) is 81.2 cm³/mol. The minimum atomic E-state index is -2.64. The highest BCUT2D eigenvalue weighted by Crippen LogP contribution is 2.23. The number of aryl methyl sites for hydroxylation is 3. The van der Waals surface area contributed by atoms with Crippen LogP contribution in [-0.2, 0) is 4.79 Å². The molecule has 22 heavy (non-hydrogen) atoms. The highest BCUT2D eigenvalue weighted by atomic mass is 19.3. The van der Waals surface area contributed by atoms with E-state index in [1.807, 2.05) is 32.0 Å². The highest BCUT2D eigenvalue weighted by molar-refractivity contribution is 5.94. The van der Waals surface area contributed by atoms with E-state index >= 15 is 0 Å². The van der Waals surface area contributed by atoms with Gasteiger partial charge in [0.2, 0.25) is 5.91 Å². The van der Waals surface area contributed by atoms with E-state index in [2.05, 4.69) is 10.4 Å². The Morgan fingerprint density at radius 1 is 1.23 bits per heavy atom. The molecule has 4 nitrogen and oxygen atoms in total. The fourth-order valence-corrected chi connectivity index (χ4v) is 2.36. The number of hydrogen-bond acceptors (Lipinski definition) is 2. The summed E-state index contributed by atoms with van der Waals surface area (Å²) in [6.07, 6.45) is -2.64. The molecule has 1 N–H and O–H groups in total. The van der Waals surface area contributed by atoms with Gasteiger partial charge in [-0.2, -0.15) is 5.10 Å². The molecule has 1 unspecified atom stereocenters. The first-order valence-corrected chi connectivity index (χ1v) is 7.02. The lowest BCUT2D eigenvalue weighted by atomic mass is 10.1. The van der Waals surface area contributed by atoms with Gasteiger partial charge in [0.15, 0.2) is 0 Å². The van der Waals surface area contributed by atoms with E-state index in [0.29, 0.717) is 5.69 Å². The molecule has 0 aliphatic carbocycles. The van der Waals surface area contributed by atoms with E-state index in [1.165, 1.54) is 10.7 Å². The fourth-order valence-electron chi connectivity index (χ4n) is 2.36. The van der Waals surface area contributed by atoms with Crippen molar-refractivity contribution in [3.8, 4) is 0 Å². The molecule has 0 aliphatic heterocycles. The Balaban J connectivity index is 2.23. The molecule has 2 rings (SSSR count). The highest BCUT2D eigenvalue weighted by Gasteiger charge is 2.22. The third-order valence-electron chi connectivity index (χ3n) is 3.64. The van der Waals surface area contributed by atoms with Crippen LogP contribution in [0.1, 0.15) is 41.9 Å². The van der Waals surface area contributed by atoms with E-state index in [9.17, 15) is 13.6 Å². The minimum absolute atomic E-state index is 0.288. The second-order valence-electron chi connectivity index (χ2n) is 5.39. The lowest BCUT2D eigenvalue weighted by Crippen LogP contribution is -2.26. The summed E-state index contributed by atoms with van der Waals surface area (Å²) in [4.78, 5) is 12.4. The van der Waals surface area contributed by atoms with Crippen LogP contribution >= 0.6 is 0 Å². The van der Waals surface area contributed by atoms with E-state index < -0.39 is 12.5 Å². The molecule has 0 fully saturated rings. The molecule has 0 bridgehead atoms. The summed E-state index contributed by atoms with van der Waals surface area (Å²) < 4.78 is 26.7. The summed E-state index contributed by atoms with van der Waals surface area (Å²) in [5, 5.41) is 6.68. The number of amides is 1. The number of anilines is 1. The van der Waals surface area contributed by atoms with Crippen LogP contribution in [0.25, 0.3) is 0 Å². The largest absolute Gasteiger partial charge is 0.324 e. The van der Waals surface area contributed by atoms with Gasteiger partial charge in [-0.3, -0.25) is 9.48 Å². The van der Waals surface area contributed by atoms with Crippen LogP contribution in [0.5, 0.6) is 0 Å². The van der Waals surface area contributed by atoms with Crippen LogP contribution in [0, 0.1) is 20.8 Å². The zero-order valence-electron chi connectivity index (χ0n) is 13.0. The molecule has 2 aromatic rings. The number of nitrogens with zero attached hydrogens (tertiary/aromatic N) is 2. The van der Waals surface area contributed by atoms with Crippen LogP contribution in [-0.4, -0.2) is 15.7 Å². The number of rotatable bonds is 4. The number of alkyl halides is 2. The summed E-state index contributed by atoms with van der Waals surface area (Å²) in [6.45, 7) is 7.10. The Labute approximate surface area is 128 Å². The number of halogens is 2. The molecule has 1 aromatic carbocycles. The van der Waals surface area contributed by atoms with E-state index in [-0.39, 0.29) is 11.6 Å². The monoisotopic (exact) mass is 307 g/mol. The molecule has 0 saturated heterocycles. The maximum absolute atomic E-state index is 12.7.